The minimum atomic E-state index is -4.25. The Bertz CT molecular complexity index is 449. The first kappa shape index (κ1) is 21.6. The van der Waals surface area contributed by atoms with Crippen molar-refractivity contribution in [3.8, 4) is 0 Å². The molecule has 0 aromatic heterocycles. The van der Waals surface area contributed by atoms with Crippen LogP contribution in [0.15, 0.2) is 0 Å². The molecule has 6 nitrogen and oxygen atoms in total. The third kappa shape index (κ3) is 4.60. The molecular formula is C14H29BBrO6P. The van der Waals surface area contributed by atoms with E-state index in [1.807, 2.05) is 14.8 Å². The van der Waals surface area contributed by atoms with Crippen LogP contribution in [0, 0.1) is 0 Å². The van der Waals surface area contributed by atoms with E-state index in [1.54, 1.807) is 20.8 Å². The predicted molar refractivity (Wildman–Crippen MR) is 95.7 cm³/mol. The Kier molecular flexibility index (Phi) is 7.38. The Balaban J connectivity index is 2.92. The van der Waals surface area contributed by atoms with E-state index in [1.165, 1.54) is 0 Å². The number of ether oxygens (including phenoxy) is 1. The Labute approximate surface area is 148 Å². The summed E-state index contributed by atoms with van der Waals surface area (Å²) < 4.78 is 23.9. The maximum Gasteiger partial charge on any atom is 0.359 e. The molecule has 9 heteroatoms. The van der Waals surface area contributed by atoms with Crippen molar-refractivity contribution < 1.29 is 28.9 Å². The molecule has 0 bridgehead atoms. The topological polar surface area (TPSA) is 96.2 Å². The second-order valence-electron chi connectivity index (χ2n) is 6.62. The third-order valence-corrected chi connectivity index (χ3v) is 8.59. The molecule has 1 heterocycles. The van der Waals surface area contributed by atoms with Gasteiger partial charge in [0.2, 0.25) is 0 Å². The number of hydrogen-bond donors (Lipinski definition) is 3. The number of rotatable bonds is 8. The summed E-state index contributed by atoms with van der Waals surface area (Å²) in [5, 5.41) is 18.9. The summed E-state index contributed by atoms with van der Waals surface area (Å²) in [4.78, 5) is 10.1. The SMILES string of the molecule is B[C@@H]1O[C@H](CC(C)(CC)OP(=O)(O)C(O)(CC)CC)[C@@H](O)[C@H]1Br. The number of hydrogen-bond acceptors (Lipinski definition) is 5. The summed E-state index contributed by atoms with van der Waals surface area (Å²) in [7, 11) is -2.40. The average Bonchev–Trinajstić information content (AvgIpc) is 2.72. The van der Waals surface area contributed by atoms with E-state index < -0.39 is 30.7 Å². The molecule has 136 valence electrons. The summed E-state index contributed by atoms with van der Waals surface area (Å²) in [5.41, 5.74) is -0.981. The van der Waals surface area contributed by atoms with Crippen LogP contribution in [0.25, 0.3) is 0 Å². The first-order valence-corrected chi connectivity index (χ1v) is 10.7. The van der Waals surface area contributed by atoms with Crippen LogP contribution in [0.1, 0.15) is 53.4 Å². The van der Waals surface area contributed by atoms with Crippen LogP contribution in [0.3, 0.4) is 0 Å². The smallest absolute Gasteiger partial charge is 0.359 e. The normalized spacial score (nSPS) is 34.1. The van der Waals surface area contributed by atoms with E-state index in [4.69, 9.17) is 9.26 Å². The lowest BCUT2D eigenvalue weighted by Crippen LogP contribution is -2.40. The molecule has 0 aromatic carbocycles. The van der Waals surface area contributed by atoms with Crippen LogP contribution in [-0.4, -0.2) is 56.9 Å². The van der Waals surface area contributed by atoms with E-state index in [0.717, 1.165) is 0 Å². The molecule has 1 aliphatic heterocycles. The van der Waals surface area contributed by atoms with Gasteiger partial charge in [-0.25, -0.2) is 0 Å². The van der Waals surface area contributed by atoms with Crippen molar-refractivity contribution in [2.75, 3.05) is 0 Å². The highest BCUT2D eigenvalue weighted by Crippen LogP contribution is 2.60. The van der Waals surface area contributed by atoms with Gasteiger partial charge in [0, 0.05) is 12.4 Å². The maximum absolute atomic E-state index is 12.6. The van der Waals surface area contributed by atoms with Crippen molar-refractivity contribution in [1.82, 2.24) is 0 Å². The van der Waals surface area contributed by atoms with Crippen molar-refractivity contribution >= 4 is 31.4 Å². The molecule has 0 spiro atoms. The highest BCUT2D eigenvalue weighted by molar-refractivity contribution is 9.09. The van der Waals surface area contributed by atoms with Gasteiger partial charge in [-0.3, -0.25) is 4.57 Å². The summed E-state index contributed by atoms with van der Waals surface area (Å²) in [5.74, 6) is 0. The van der Waals surface area contributed by atoms with Crippen LogP contribution in [0.2, 0.25) is 0 Å². The minimum absolute atomic E-state index is 0.125. The summed E-state index contributed by atoms with van der Waals surface area (Å²) in [6.07, 6.45) is -0.232. The third-order valence-electron chi connectivity index (χ3n) is 4.93. The lowest BCUT2D eigenvalue weighted by atomic mass is 9.91. The molecule has 1 rings (SSSR count). The van der Waals surface area contributed by atoms with Gasteiger partial charge in [0.15, 0.2) is 5.34 Å². The Morgan fingerprint density at radius 2 is 1.83 bits per heavy atom. The molecule has 1 aliphatic rings. The molecule has 0 aliphatic carbocycles. The van der Waals surface area contributed by atoms with Gasteiger partial charge in [-0.1, -0.05) is 36.7 Å². The highest BCUT2D eigenvalue weighted by atomic mass is 79.9. The molecule has 1 fully saturated rings. The maximum atomic E-state index is 12.6. The molecule has 0 radical (unpaired) electrons. The van der Waals surface area contributed by atoms with E-state index in [9.17, 15) is 19.7 Å². The zero-order valence-corrected chi connectivity index (χ0v) is 17.0. The van der Waals surface area contributed by atoms with E-state index in [-0.39, 0.29) is 30.1 Å². The van der Waals surface area contributed by atoms with E-state index in [0.29, 0.717) is 6.42 Å². The second kappa shape index (κ2) is 7.86. The monoisotopic (exact) mass is 414 g/mol. The van der Waals surface area contributed by atoms with Crippen LogP contribution in [0.5, 0.6) is 0 Å². The van der Waals surface area contributed by atoms with Crippen molar-refractivity contribution in [3.05, 3.63) is 0 Å². The van der Waals surface area contributed by atoms with Gasteiger partial charge in [0.05, 0.1) is 22.6 Å². The number of aliphatic hydroxyl groups excluding tert-OH is 1. The predicted octanol–water partition coefficient (Wildman–Crippen LogP) is 1.74. The minimum Gasteiger partial charge on any atom is -0.389 e. The van der Waals surface area contributed by atoms with Crippen molar-refractivity contribution in [2.24, 2.45) is 0 Å². The van der Waals surface area contributed by atoms with Gasteiger partial charge < -0.3 is 24.4 Å². The summed E-state index contributed by atoms with van der Waals surface area (Å²) in [6.45, 7) is 6.86. The van der Waals surface area contributed by atoms with Gasteiger partial charge in [-0.15, -0.1) is 0 Å². The molecule has 1 saturated heterocycles. The van der Waals surface area contributed by atoms with Crippen LogP contribution >= 0.6 is 23.5 Å². The number of halogens is 1. The quantitative estimate of drug-likeness (QED) is 0.318. The fourth-order valence-electron chi connectivity index (χ4n) is 2.79. The van der Waals surface area contributed by atoms with Gasteiger partial charge in [0.1, 0.15) is 7.85 Å². The summed E-state index contributed by atoms with van der Waals surface area (Å²) >= 11 is 3.39. The van der Waals surface area contributed by atoms with Crippen LogP contribution < -0.4 is 0 Å². The molecule has 0 aromatic rings. The van der Waals surface area contributed by atoms with Crippen molar-refractivity contribution in [2.45, 2.75) is 87.4 Å². The van der Waals surface area contributed by atoms with Crippen LogP contribution in [0.4, 0.5) is 0 Å². The largest absolute Gasteiger partial charge is 0.389 e. The Morgan fingerprint density at radius 3 is 2.17 bits per heavy atom. The molecule has 0 saturated carbocycles. The van der Waals surface area contributed by atoms with Gasteiger partial charge in [-0.2, -0.15) is 0 Å². The highest BCUT2D eigenvalue weighted by Gasteiger charge is 2.50. The lowest BCUT2D eigenvalue weighted by Gasteiger charge is -2.38. The Morgan fingerprint density at radius 1 is 1.30 bits per heavy atom. The number of alkyl halides is 1. The standard InChI is InChI=1S/C14H29BBrO6P/c1-5-13(4,8-9-11(17)10(16)12(15)21-9)22-23(19,20)14(18,6-2)7-3/h9-12,17-18H,5-8,15H2,1-4H3,(H,19,20)/t9-,10-,11-,12-,13?/m1/s1. The molecular weight excluding hydrogens is 386 g/mol. The summed E-state index contributed by atoms with van der Waals surface area (Å²) in [6, 6.07) is -0.153. The average molecular weight is 415 g/mol. The van der Waals surface area contributed by atoms with Gasteiger partial charge in [-0.05, 0) is 26.2 Å². The van der Waals surface area contributed by atoms with Gasteiger partial charge >= 0.3 is 7.60 Å². The molecule has 6 atom stereocenters. The van der Waals surface area contributed by atoms with Crippen LogP contribution in [-0.2, 0) is 13.8 Å². The fourth-order valence-corrected chi connectivity index (χ4v) is 5.02. The fraction of sp³-hybridized carbons (Fsp3) is 1.00. The molecule has 0 amide bonds. The molecule has 23 heavy (non-hydrogen) atoms. The first-order chi connectivity index (χ1) is 10.4. The zero-order valence-electron chi connectivity index (χ0n) is 14.5. The van der Waals surface area contributed by atoms with Gasteiger partial charge in [0.25, 0.3) is 0 Å². The zero-order chi connectivity index (χ0) is 18.1. The first-order valence-electron chi connectivity index (χ1n) is 8.19. The van der Waals surface area contributed by atoms with Crippen molar-refractivity contribution in [1.29, 1.82) is 0 Å². The van der Waals surface area contributed by atoms with E-state index in [2.05, 4.69) is 15.9 Å². The molecule has 3 N–H and O–H groups in total. The lowest BCUT2D eigenvalue weighted by molar-refractivity contribution is -0.0441. The Hall–Kier alpha value is 0.575. The number of aliphatic hydroxyl groups is 2. The van der Waals surface area contributed by atoms with Crippen molar-refractivity contribution in [3.63, 3.8) is 0 Å². The van der Waals surface area contributed by atoms with E-state index >= 15 is 0 Å². The second-order valence-corrected chi connectivity index (χ2v) is 9.74. The molecule has 2 unspecified atom stereocenters.